The van der Waals surface area contributed by atoms with Crippen LogP contribution in [0.2, 0.25) is 0 Å². The minimum atomic E-state index is -0.300. The molecule has 0 aliphatic rings. The Morgan fingerprint density at radius 1 is 1.56 bits per heavy atom. The van der Waals surface area contributed by atoms with Crippen LogP contribution < -0.4 is 10.6 Å². The minimum Gasteiger partial charge on any atom is -0.354 e. The number of rotatable bonds is 3. The second-order valence-corrected chi connectivity index (χ2v) is 3.84. The molecule has 86 valence electrons. The SMILES string of the molecule is CC(CN)N(C)c1noc2ccc(F)cc12. The Hall–Kier alpha value is -1.62. The summed E-state index contributed by atoms with van der Waals surface area (Å²) in [6.07, 6.45) is 0. The van der Waals surface area contributed by atoms with Gasteiger partial charge in [0.2, 0.25) is 0 Å². The second-order valence-electron chi connectivity index (χ2n) is 3.84. The van der Waals surface area contributed by atoms with Gasteiger partial charge in [-0.15, -0.1) is 0 Å². The van der Waals surface area contributed by atoms with Gasteiger partial charge >= 0.3 is 0 Å². The van der Waals surface area contributed by atoms with Crippen LogP contribution in [0.1, 0.15) is 6.92 Å². The summed E-state index contributed by atoms with van der Waals surface area (Å²) in [5, 5.41) is 4.60. The predicted molar refractivity (Wildman–Crippen MR) is 60.9 cm³/mol. The van der Waals surface area contributed by atoms with Crippen molar-refractivity contribution in [1.82, 2.24) is 5.16 Å². The normalized spacial score (nSPS) is 13.0. The fraction of sp³-hybridized carbons (Fsp3) is 0.364. The Balaban J connectivity index is 2.48. The van der Waals surface area contributed by atoms with E-state index in [-0.39, 0.29) is 11.9 Å². The largest absolute Gasteiger partial charge is 0.354 e. The van der Waals surface area contributed by atoms with Crippen molar-refractivity contribution in [2.24, 2.45) is 5.73 Å². The van der Waals surface area contributed by atoms with Crippen LogP contribution in [0.5, 0.6) is 0 Å². The van der Waals surface area contributed by atoms with Crippen molar-refractivity contribution in [1.29, 1.82) is 0 Å². The number of fused-ring (bicyclic) bond motifs is 1. The zero-order valence-corrected chi connectivity index (χ0v) is 9.27. The van der Waals surface area contributed by atoms with Crippen molar-refractivity contribution in [3.8, 4) is 0 Å². The summed E-state index contributed by atoms with van der Waals surface area (Å²) in [5.74, 6) is 0.318. The number of hydrogen-bond donors (Lipinski definition) is 1. The highest BCUT2D eigenvalue weighted by Crippen LogP contribution is 2.26. The lowest BCUT2D eigenvalue weighted by Crippen LogP contribution is -2.35. The highest BCUT2D eigenvalue weighted by molar-refractivity contribution is 5.88. The molecule has 0 spiro atoms. The van der Waals surface area contributed by atoms with Gasteiger partial charge in [-0.25, -0.2) is 4.39 Å². The van der Waals surface area contributed by atoms with Crippen LogP contribution in [0, 0.1) is 5.82 Å². The number of halogens is 1. The van der Waals surface area contributed by atoms with E-state index in [1.54, 1.807) is 6.07 Å². The molecular weight excluding hydrogens is 209 g/mol. The summed E-state index contributed by atoms with van der Waals surface area (Å²) in [7, 11) is 1.86. The number of likely N-dealkylation sites (N-methyl/N-ethyl adjacent to an activating group) is 1. The van der Waals surface area contributed by atoms with Crippen LogP contribution in [0.25, 0.3) is 11.0 Å². The summed E-state index contributed by atoms with van der Waals surface area (Å²) >= 11 is 0. The Labute approximate surface area is 92.8 Å². The predicted octanol–water partition coefficient (Wildman–Crippen LogP) is 1.75. The van der Waals surface area contributed by atoms with Crippen LogP contribution in [-0.4, -0.2) is 24.8 Å². The lowest BCUT2D eigenvalue weighted by Gasteiger charge is -2.22. The summed E-state index contributed by atoms with van der Waals surface area (Å²) < 4.78 is 18.2. The summed E-state index contributed by atoms with van der Waals surface area (Å²) in [6.45, 7) is 2.47. The fourth-order valence-electron chi connectivity index (χ4n) is 1.52. The molecule has 0 radical (unpaired) electrons. The third-order valence-corrected chi connectivity index (χ3v) is 2.75. The van der Waals surface area contributed by atoms with E-state index in [4.69, 9.17) is 10.3 Å². The van der Waals surface area contributed by atoms with Gasteiger partial charge in [-0.2, -0.15) is 0 Å². The van der Waals surface area contributed by atoms with Crippen LogP contribution in [0.3, 0.4) is 0 Å². The highest BCUT2D eigenvalue weighted by atomic mass is 19.1. The highest BCUT2D eigenvalue weighted by Gasteiger charge is 2.16. The molecule has 0 saturated carbocycles. The average Bonchev–Trinajstić information content (AvgIpc) is 2.69. The maximum absolute atomic E-state index is 13.1. The zero-order chi connectivity index (χ0) is 11.7. The topological polar surface area (TPSA) is 55.3 Å². The van der Waals surface area contributed by atoms with Crippen molar-refractivity contribution in [2.45, 2.75) is 13.0 Å². The zero-order valence-electron chi connectivity index (χ0n) is 9.27. The Kier molecular flexibility index (Phi) is 2.78. The van der Waals surface area contributed by atoms with E-state index in [2.05, 4.69) is 5.16 Å². The molecule has 0 saturated heterocycles. The number of anilines is 1. The molecular formula is C11H14FN3O. The molecule has 1 aromatic heterocycles. The number of benzene rings is 1. The second kappa shape index (κ2) is 4.09. The van der Waals surface area contributed by atoms with Crippen molar-refractivity contribution >= 4 is 16.8 Å². The molecule has 2 aromatic rings. The molecule has 1 unspecified atom stereocenters. The van der Waals surface area contributed by atoms with Gasteiger partial charge in [0.05, 0.1) is 5.39 Å². The van der Waals surface area contributed by atoms with E-state index in [1.807, 2.05) is 18.9 Å². The third-order valence-electron chi connectivity index (χ3n) is 2.75. The van der Waals surface area contributed by atoms with Gasteiger partial charge in [-0.1, -0.05) is 5.16 Å². The molecule has 2 N–H and O–H groups in total. The van der Waals surface area contributed by atoms with Crippen LogP contribution in [0.15, 0.2) is 22.7 Å². The molecule has 5 heteroatoms. The van der Waals surface area contributed by atoms with Gasteiger partial charge in [-0.3, -0.25) is 0 Å². The number of nitrogens with zero attached hydrogens (tertiary/aromatic N) is 2. The monoisotopic (exact) mass is 223 g/mol. The smallest absolute Gasteiger partial charge is 0.180 e. The minimum absolute atomic E-state index is 0.122. The Bertz CT molecular complexity index is 497. The molecule has 1 aromatic carbocycles. The van der Waals surface area contributed by atoms with E-state index in [0.29, 0.717) is 23.3 Å². The average molecular weight is 223 g/mol. The van der Waals surface area contributed by atoms with Gasteiger partial charge in [0, 0.05) is 19.6 Å². The van der Waals surface area contributed by atoms with E-state index in [1.165, 1.54) is 12.1 Å². The van der Waals surface area contributed by atoms with Crippen LogP contribution in [0.4, 0.5) is 10.2 Å². The van der Waals surface area contributed by atoms with Crippen molar-refractivity contribution in [3.63, 3.8) is 0 Å². The van der Waals surface area contributed by atoms with Crippen molar-refractivity contribution < 1.29 is 8.91 Å². The molecule has 0 aliphatic carbocycles. The Morgan fingerprint density at radius 3 is 3.00 bits per heavy atom. The van der Waals surface area contributed by atoms with E-state index < -0.39 is 0 Å². The summed E-state index contributed by atoms with van der Waals surface area (Å²) in [6, 6.07) is 4.46. The number of aromatic nitrogens is 1. The maximum atomic E-state index is 13.1. The molecule has 1 atom stereocenters. The van der Waals surface area contributed by atoms with Gasteiger partial charge in [0.25, 0.3) is 0 Å². The molecule has 4 nitrogen and oxygen atoms in total. The molecule has 0 aliphatic heterocycles. The maximum Gasteiger partial charge on any atom is 0.180 e. The molecule has 0 amide bonds. The van der Waals surface area contributed by atoms with Crippen molar-refractivity contribution in [2.75, 3.05) is 18.5 Å². The first-order valence-electron chi connectivity index (χ1n) is 5.11. The lowest BCUT2D eigenvalue weighted by atomic mass is 10.2. The molecule has 0 fully saturated rings. The number of hydrogen-bond acceptors (Lipinski definition) is 4. The van der Waals surface area contributed by atoms with E-state index >= 15 is 0 Å². The van der Waals surface area contributed by atoms with Gasteiger partial charge < -0.3 is 15.2 Å². The lowest BCUT2D eigenvalue weighted by molar-refractivity contribution is 0.453. The molecule has 0 bridgehead atoms. The first-order valence-corrected chi connectivity index (χ1v) is 5.11. The van der Waals surface area contributed by atoms with Gasteiger partial charge in [0.1, 0.15) is 5.82 Å². The number of nitrogens with two attached hydrogens (primary N) is 1. The van der Waals surface area contributed by atoms with Crippen LogP contribution >= 0.6 is 0 Å². The Morgan fingerprint density at radius 2 is 2.31 bits per heavy atom. The van der Waals surface area contributed by atoms with E-state index in [9.17, 15) is 4.39 Å². The molecule has 16 heavy (non-hydrogen) atoms. The van der Waals surface area contributed by atoms with Crippen LogP contribution in [-0.2, 0) is 0 Å². The first kappa shape index (κ1) is 10.9. The molecule has 1 heterocycles. The summed E-state index contributed by atoms with van der Waals surface area (Å²) in [5.41, 5.74) is 6.16. The molecule has 2 rings (SSSR count). The standard InChI is InChI=1S/C11H14FN3O/c1-7(6-13)15(2)11-9-5-8(12)3-4-10(9)16-14-11/h3-5,7H,6,13H2,1-2H3. The third kappa shape index (κ3) is 1.74. The fourth-order valence-corrected chi connectivity index (χ4v) is 1.52. The summed E-state index contributed by atoms with van der Waals surface area (Å²) in [4.78, 5) is 1.88. The van der Waals surface area contributed by atoms with Gasteiger partial charge in [-0.05, 0) is 25.1 Å². The quantitative estimate of drug-likeness (QED) is 0.861. The van der Waals surface area contributed by atoms with E-state index in [0.717, 1.165) is 0 Å². The first-order chi connectivity index (χ1) is 7.63. The van der Waals surface area contributed by atoms with Gasteiger partial charge in [0.15, 0.2) is 11.4 Å². The van der Waals surface area contributed by atoms with Crippen molar-refractivity contribution in [3.05, 3.63) is 24.0 Å².